The molecule has 0 radical (unpaired) electrons. The van der Waals surface area contributed by atoms with Gasteiger partial charge in [-0.05, 0) is 61.4 Å². The maximum absolute atomic E-state index is 13.7. The molecule has 1 aliphatic rings. The molecule has 0 aliphatic carbocycles. The summed E-state index contributed by atoms with van der Waals surface area (Å²) in [5.41, 5.74) is 3.71. The summed E-state index contributed by atoms with van der Waals surface area (Å²) in [6, 6.07) is 12.9. The molecule has 6 rings (SSSR count). The van der Waals surface area contributed by atoms with E-state index in [1.807, 2.05) is 26.0 Å². The van der Waals surface area contributed by atoms with Crippen LogP contribution in [0.15, 0.2) is 75.0 Å². The number of anilines is 1. The fraction of sp³-hybridized carbons (Fsp3) is 0.148. The maximum atomic E-state index is 13.7. The van der Waals surface area contributed by atoms with Gasteiger partial charge >= 0.3 is 0 Å². The van der Waals surface area contributed by atoms with E-state index < -0.39 is 23.5 Å². The van der Waals surface area contributed by atoms with Crippen LogP contribution in [0.3, 0.4) is 0 Å². The number of hydrogen-bond donors (Lipinski definition) is 2. The number of carbonyl (C=O) groups excluding carboxylic acids is 2. The minimum absolute atomic E-state index is 0.0434. The summed E-state index contributed by atoms with van der Waals surface area (Å²) in [5, 5.41) is 11.6. The number of aliphatic hydroxyl groups is 1. The molecule has 0 bridgehead atoms. The first-order chi connectivity index (χ1) is 17.4. The Bertz CT molecular complexity index is 1670. The molecular formula is C27H21N3O6. The number of imidazole rings is 1. The number of Topliss-reactive ketones (excluding diaryl/α,β-unsaturated/α-hetero) is 1. The number of fused-ring (bicyclic) bond motifs is 2. The van der Waals surface area contributed by atoms with Crippen LogP contribution >= 0.6 is 0 Å². The molecule has 0 fully saturated rings. The van der Waals surface area contributed by atoms with Crippen molar-refractivity contribution in [1.29, 1.82) is 0 Å². The second-order valence-corrected chi connectivity index (χ2v) is 8.69. The van der Waals surface area contributed by atoms with Crippen LogP contribution in [0.1, 0.15) is 33.5 Å². The van der Waals surface area contributed by atoms with Crippen molar-refractivity contribution in [3.63, 3.8) is 0 Å². The van der Waals surface area contributed by atoms with Crippen LogP contribution in [-0.2, 0) is 4.79 Å². The number of ether oxygens (including phenoxy) is 1. The zero-order valence-electron chi connectivity index (χ0n) is 19.7. The number of amides is 1. The number of aliphatic hydroxyl groups excluding tert-OH is 1. The smallest absolute Gasteiger partial charge is 0.296 e. The Balaban J connectivity index is 1.49. The van der Waals surface area contributed by atoms with Crippen molar-refractivity contribution in [2.75, 3.05) is 12.0 Å². The van der Waals surface area contributed by atoms with Gasteiger partial charge in [-0.2, -0.15) is 0 Å². The number of para-hydroxylation sites is 1. The lowest BCUT2D eigenvalue weighted by Gasteiger charge is -2.21. The molecule has 5 aromatic rings. The summed E-state index contributed by atoms with van der Waals surface area (Å²) in [4.78, 5) is 36.0. The van der Waals surface area contributed by atoms with Crippen molar-refractivity contribution in [1.82, 2.24) is 9.97 Å². The van der Waals surface area contributed by atoms with Crippen LogP contribution in [0.2, 0.25) is 0 Å². The van der Waals surface area contributed by atoms with E-state index in [-0.39, 0.29) is 23.0 Å². The van der Waals surface area contributed by atoms with Crippen molar-refractivity contribution >= 4 is 39.6 Å². The molecule has 2 N–H and O–H groups in total. The van der Waals surface area contributed by atoms with E-state index in [4.69, 9.17) is 13.6 Å². The van der Waals surface area contributed by atoms with Gasteiger partial charge in [0.25, 0.3) is 5.91 Å². The van der Waals surface area contributed by atoms with Crippen molar-refractivity contribution in [2.24, 2.45) is 0 Å². The van der Waals surface area contributed by atoms with Crippen LogP contribution in [0.25, 0.3) is 22.0 Å². The van der Waals surface area contributed by atoms with Gasteiger partial charge in [0.2, 0.25) is 11.7 Å². The van der Waals surface area contributed by atoms with Gasteiger partial charge in [-0.1, -0.05) is 12.1 Å². The van der Waals surface area contributed by atoms with Gasteiger partial charge in [0.15, 0.2) is 22.9 Å². The number of ketones is 1. The van der Waals surface area contributed by atoms with Gasteiger partial charge in [-0.15, -0.1) is 0 Å². The molecule has 1 atom stereocenters. The van der Waals surface area contributed by atoms with Crippen LogP contribution < -0.4 is 9.64 Å². The summed E-state index contributed by atoms with van der Waals surface area (Å²) >= 11 is 0. The third kappa shape index (κ3) is 3.13. The lowest BCUT2D eigenvalue weighted by atomic mass is 9.99. The fourth-order valence-corrected chi connectivity index (χ4v) is 4.58. The molecule has 0 saturated carbocycles. The summed E-state index contributed by atoms with van der Waals surface area (Å²) in [6.07, 6.45) is 1.44. The number of aryl methyl sites for hydroxylation is 2. The summed E-state index contributed by atoms with van der Waals surface area (Å²) < 4.78 is 16.8. The Morgan fingerprint density at radius 1 is 1.14 bits per heavy atom. The van der Waals surface area contributed by atoms with Crippen molar-refractivity contribution in [2.45, 2.75) is 19.9 Å². The van der Waals surface area contributed by atoms with Gasteiger partial charge < -0.3 is 23.7 Å². The Hall–Kier alpha value is -4.79. The highest BCUT2D eigenvalue weighted by atomic mass is 16.5. The second-order valence-electron chi connectivity index (χ2n) is 8.69. The SMILES string of the molecule is COc1cccc2cc(C(=O)C3=C(O)C(=O)N(c4nc5cc(C)c(C)cc5[nH]4)C3c3ccco3)oc12. The van der Waals surface area contributed by atoms with Crippen LogP contribution in [0.5, 0.6) is 5.75 Å². The quantitative estimate of drug-likeness (QED) is 0.325. The predicted molar refractivity (Wildman–Crippen MR) is 131 cm³/mol. The molecule has 1 aliphatic heterocycles. The van der Waals surface area contributed by atoms with E-state index in [2.05, 4.69) is 9.97 Å². The fourth-order valence-electron chi connectivity index (χ4n) is 4.58. The lowest BCUT2D eigenvalue weighted by Crippen LogP contribution is -2.31. The number of H-pyrrole nitrogens is 1. The minimum atomic E-state index is -1.06. The molecule has 9 heteroatoms. The molecule has 3 aromatic heterocycles. The Morgan fingerprint density at radius 2 is 1.94 bits per heavy atom. The number of hydrogen-bond acceptors (Lipinski definition) is 7. The number of aromatic amines is 1. The topological polar surface area (TPSA) is 122 Å². The molecule has 36 heavy (non-hydrogen) atoms. The highest BCUT2D eigenvalue weighted by molar-refractivity contribution is 6.20. The first-order valence-electron chi connectivity index (χ1n) is 11.3. The van der Waals surface area contributed by atoms with Gasteiger partial charge in [0, 0.05) is 5.39 Å². The van der Waals surface area contributed by atoms with Crippen molar-refractivity contribution in [3.8, 4) is 5.75 Å². The summed E-state index contributed by atoms with van der Waals surface area (Å²) in [5.74, 6) is -1.23. The van der Waals surface area contributed by atoms with E-state index in [0.29, 0.717) is 22.2 Å². The highest BCUT2D eigenvalue weighted by Gasteiger charge is 2.48. The maximum Gasteiger partial charge on any atom is 0.296 e. The zero-order chi connectivity index (χ0) is 25.1. The summed E-state index contributed by atoms with van der Waals surface area (Å²) in [6.45, 7) is 3.96. The van der Waals surface area contributed by atoms with E-state index in [1.165, 1.54) is 18.3 Å². The Kier molecular flexibility index (Phi) is 4.75. The van der Waals surface area contributed by atoms with Gasteiger partial charge in [-0.3, -0.25) is 14.5 Å². The number of nitrogens with zero attached hydrogens (tertiary/aromatic N) is 2. The van der Waals surface area contributed by atoms with Gasteiger partial charge in [0.05, 0.1) is 30.0 Å². The first-order valence-corrected chi connectivity index (χ1v) is 11.3. The zero-order valence-corrected chi connectivity index (χ0v) is 19.7. The van der Waals surface area contributed by atoms with Crippen LogP contribution in [0.4, 0.5) is 5.95 Å². The number of nitrogens with one attached hydrogen (secondary N) is 1. The first kappa shape index (κ1) is 21.7. The van der Waals surface area contributed by atoms with Gasteiger partial charge in [-0.25, -0.2) is 4.98 Å². The standard InChI is InChI=1S/C27H21N3O6/c1-13-10-16-17(11-14(13)2)29-27(28-16)30-22(18-8-5-9-35-18)21(24(32)26(30)33)23(31)20-12-15-6-4-7-19(34-3)25(15)36-20/h4-12,22,32H,1-3H3,(H,28,29). The molecule has 9 nitrogen and oxygen atoms in total. The van der Waals surface area contributed by atoms with Crippen molar-refractivity contribution in [3.05, 3.63) is 88.8 Å². The average molecular weight is 483 g/mol. The molecule has 0 saturated heterocycles. The average Bonchev–Trinajstić information content (AvgIpc) is 3.65. The molecule has 4 heterocycles. The molecule has 180 valence electrons. The predicted octanol–water partition coefficient (Wildman–Crippen LogP) is 5.31. The van der Waals surface area contributed by atoms with E-state index in [0.717, 1.165) is 16.6 Å². The number of methoxy groups -OCH3 is 1. The largest absolute Gasteiger partial charge is 0.503 e. The van der Waals surface area contributed by atoms with Crippen LogP contribution in [0, 0.1) is 13.8 Å². The second kappa shape index (κ2) is 7.88. The Morgan fingerprint density at radius 3 is 2.69 bits per heavy atom. The summed E-state index contributed by atoms with van der Waals surface area (Å²) in [7, 11) is 1.50. The molecule has 1 unspecified atom stereocenters. The molecule has 1 amide bonds. The number of benzene rings is 2. The monoisotopic (exact) mass is 483 g/mol. The third-order valence-electron chi connectivity index (χ3n) is 6.53. The number of carbonyl (C=O) groups is 2. The van der Waals surface area contributed by atoms with E-state index in [9.17, 15) is 14.7 Å². The number of furan rings is 2. The van der Waals surface area contributed by atoms with E-state index >= 15 is 0 Å². The van der Waals surface area contributed by atoms with Gasteiger partial charge in [0.1, 0.15) is 11.8 Å². The number of rotatable bonds is 5. The lowest BCUT2D eigenvalue weighted by molar-refractivity contribution is -0.117. The molecule has 0 spiro atoms. The molecule has 2 aromatic carbocycles. The third-order valence-corrected chi connectivity index (χ3v) is 6.53. The minimum Gasteiger partial charge on any atom is -0.503 e. The normalized spacial score (nSPS) is 16.0. The molecular weight excluding hydrogens is 462 g/mol. The Labute approximate surface area is 204 Å². The highest BCUT2D eigenvalue weighted by Crippen LogP contribution is 2.42. The number of aromatic nitrogens is 2. The van der Waals surface area contributed by atoms with Crippen molar-refractivity contribution < 1.29 is 28.3 Å². The van der Waals surface area contributed by atoms with E-state index in [1.54, 1.807) is 36.4 Å². The van der Waals surface area contributed by atoms with Crippen LogP contribution in [-0.4, -0.2) is 33.9 Å².